The molecular formula is C27H29NO4. The van der Waals surface area contributed by atoms with Crippen LogP contribution in [0, 0.1) is 0 Å². The Bertz CT molecular complexity index is 1090. The number of aryl methyl sites for hydroxylation is 1. The highest BCUT2D eigenvalue weighted by Crippen LogP contribution is 2.36. The first kappa shape index (κ1) is 21.9. The second kappa shape index (κ2) is 9.43. The second-order valence-corrected chi connectivity index (χ2v) is 8.53. The highest BCUT2D eigenvalue weighted by molar-refractivity contribution is 5.88. The number of hydrogen-bond donors (Lipinski definition) is 0. The summed E-state index contributed by atoms with van der Waals surface area (Å²) in [5.41, 5.74) is 2.12. The predicted octanol–water partition coefficient (Wildman–Crippen LogP) is 5.67. The number of fused-ring (bicyclic) bond motifs is 1. The third kappa shape index (κ3) is 4.47. The number of amides is 1. The van der Waals surface area contributed by atoms with Crippen LogP contribution in [-0.2, 0) is 20.7 Å². The summed E-state index contributed by atoms with van der Waals surface area (Å²) in [4.78, 5) is 27.7. The number of hydrogen-bond acceptors (Lipinski definition) is 4. The van der Waals surface area contributed by atoms with E-state index in [1.165, 1.54) is 0 Å². The molecule has 0 saturated carbocycles. The normalized spacial score (nSPS) is 19.2. The van der Waals surface area contributed by atoms with Gasteiger partial charge in [-0.3, -0.25) is 4.90 Å². The van der Waals surface area contributed by atoms with Crippen LogP contribution in [0.2, 0.25) is 0 Å². The van der Waals surface area contributed by atoms with Gasteiger partial charge in [-0.25, -0.2) is 9.59 Å². The summed E-state index contributed by atoms with van der Waals surface area (Å²) in [7, 11) is 0. The smallest absolute Gasteiger partial charge is 0.411 e. The fraction of sp³-hybridized carbons (Fsp3) is 0.333. The molecule has 0 N–H and O–H groups in total. The molecule has 5 nitrogen and oxygen atoms in total. The first-order valence-corrected chi connectivity index (χ1v) is 11.2. The molecule has 0 bridgehead atoms. The van der Waals surface area contributed by atoms with Crippen molar-refractivity contribution < 1.29 is 19.1 Å². The summed E-state index contributed by atoms with van der Waals surface area (Å²) in [6.07, 6.45) is -0.0594. The van der Waals surface area contributed by atoms with E-state index in [0.29, 0.717) is 12.8 Å². The molecule has 0 spiro atoms. The third-order valence-corrected chi connectivity index (χ3v) is 5.96. The number of ether oxygens (including phenoxy) is 2. The highest BCUT2D eigenvalue weighted by Gasteiger charge is 2.49. The molecule has 1 aliphatic heterocycles. The predicted molar refractivity (Wildman–Crippen MR) is 124 cm³/mol. The summed E-state index contributed by atoms with van der Waals surface area (Å²) in [5, 5.41) is 2.14. The first-order chi connectivity index (χ1) is 15.5. The van der Waals surface area contributed by atoms with Crippen LogP contribution in [0.15, 0.2) is 72.8 Å². The minimum atomic E-state index is -0.789. The number of nitrogens with zero attached hydrogens (tertiary/aromatic N) is 1. The van der Waals surface area contributed by atoms with Crippen molar-refractivity contribution in [1.82, 2.24) is 4.90 Å². The Labute approximate surface area is 188 Å². The van der Waals surface area contributed by atoms with Crippen LogP contribution in [0.4, 0.5) is 4.79 Å². The largest absolute Gasteiger partial charge is 0.461 e. The Balaban J connectivity index is 1.65. The Kier molecular flexibility index (Phi) is 6.45. The van der Waals surface area contributed by atoms with Gasteiger partial charge in [0.05, 0.1) is 12.1 Å². The molecule has 3 unspecified atom stereocenters. The topological polar surface area (TPSA) is 55.8 Å². The summed E-state index contributed by atoms with van der Waals surface area (Å²) in [6.45, 7) is 5.57. The zero-order valence-electron chi connectivity index (χ0n) is 18.7. The van der Waals surface area contributed by atoms with Gasteiger partial charge in [-0.15, -0.1) is 0 Å². The van der Waals surface area contributed by atoms with E-state index in [4.69, 9.17) is 9.47 Å². The molecular weight excluding hydrogens is 402 g/mol. The van der Waals surface area contributed by atoms with Gasteiger partial charge < -0.3 is 9.47 Å². The minimum absolute atomic E-state index is 0.275. The van der Waals surface area contributed by atoms with Crippen LogP contribution in [0.1, 0.15) is 44.4 Å². The number of rotatable bonds is 7. The van der Waals surface area contributed by atoms with Gasteiger partial charge in [0, 0.05) is 0 Å². The van der Waals surface area contributed by atoms with Gasteiger partial charge in [-0.1, -0.05) is 72.8 Å². The zero-order chi connectivity index (χ0) is 22.7. The van der Waals surface area contributed by atoms with Gasteiger partial charge in [0.1, 0.15) is 6.10 Å². The molecule has 4 rings (SSSR count). The van der Waals surface area contributed by atoms with Gasteiger partial charge in [-0.05, 0) is 55.5 Å². The van der Waals surface area contributed by atoms with Gasteiger partial charge in [-0.2, -0.15) is 0 Å². The number of carbonyl (C=O) groups excluding carboxylic acids is 2. The average Bonchev–Trinajstić information content (AvgIpc) is 3.13. The van der Waals surface area contributed by atoms with E-state index in [9.17, 15) is 9.59 Å². The van der Waals surface area contributed by atoms with E-state index < -0.39 is 24.2 Å². The molecule has 32 heavy (non-hydrogen) atoms. The molecule has 0 aliphatic carbocycles. The van der Waals surface area contributed by atoms with E-state index >= 15 is 0 Å². The lowest BCUT2D eigenvalue weighted by atomic mass is 9.96. The molecule has 1 fully saturated rings. The van der Waals surface area contributed by atoms with Crippen molar-refractivity contribution in [3.63, 3.8) is 0 Å². The Morgan fingerprint density at radius 3 is 2.41 bits per heavy atom. The van der Waals surface area contributed by atoms with Crippen molar-refractivity contribution in [2.45, 2.75) is 57.9 Å². The van der Waals surface area contributed by atoms with Gasteiger partial charge >= 0.3 is 12.1 Å². The van der Waals surface area contributed by atoms with Crippen molar-refractivity contribution in [2.75, 3.05) is 0 Å². The fourth-order valence-corrected chi connectivity index (χ4v) is 4.45. The van der Waals surface area contributed by atoms with Crippen molar-refractivity contribution in [3.8, 4) is 0 Å². The van der Waals surface area contributed by atoms with Crippen molar-refractivity contribution in [3.05, 3.63) is 83.9 Å². The van der Waals surface area contributed by atoms with Crippen molar-refractivity contribution in [1.29, 1.82) is 0 Å². The number of esters is 1. The van der Waals surface area contributed by atoms with E-state index in [1.54, 1.807) is 4.90 Å². The fourth-order valence-electron chi connectivity index (χ4n) is 4.45. The van der Waals surface area contributed by atoms with Crippen LogP contribution < -0.4 is 0 Å². The molecule has 0 aromatic heterocycles. The Morgan fingerprint density at radius 1 is 0.969 bits per heavy atom. The summed E-state index contributed by atoms with van der Waals surface area (Å²) in [5.74, 6) is -0.420. The number of carbonyl (C=O) groups is 2. The van der Waals surface area contributed by atoms with Crippen LogP contribution in [0.3, 0.4) is 0 Å². The maximum absolute atomic E-state index is 13.1. The zero-order valence-corrected chi connectivity index (χ0v) is 18.7. The van der Waals surface area contributed by atoms with Crippen molar-refractivity contribution in [2.24, 2.45) is 0 Å². The van der Waals surface area contributed by atoms with Crippen LogP contribution in [-0.4, -0.2) is 35.2 Å². The maximum atomic E-state index is 13.1. The molecule has 3 aromatic rings. The van der Waals surface area contributed by atoms with Gasteiger partial charge in [0.25, 0.3) is 0 Å². The first-order valence-electron chi connectivity index (χ1n) is 11.2. The van der Waals surface area contributed by atoms with Gasteiger partial charge in [0.2, 0.25) is 0 Å². The lowest BCUT2D eigenvalue weighted by Crippen LogP contribution is -2.46. The number of benzene rings is 3. The molecule has 1 heterocycles. The van der Waals surface area contributed by atoms with Crippen LogP contribution in [0.5, 0.6) is 0 Å². The lowest BCUT2D eigenvalue weighted by molar-refractivity contribution is -0.154. The monoisotopic (exact) mass is 431 g/mol. The second-order valence-electron chi connectivity index (χ2n) is 8.53. The maximum Gasteiger partial charge on any atom is 0.411 e. The highest BCUT2D eigenvalue weighted by atomic mass is 16.6. The SMILES string of the molecule is CC(C)OC(=O)C1C(CCc2ccccc2)OC(=O)N1C(C)c1cccc2ccccc12. The third-order valence-electron chi connectivity index (χ3n) is 5.96. The van der Waals surface area contributed by atoms with Crippen LogP contribution in [0.25, 0.3) is 10.8 Å². The minimum Gasteiger partial charge on any atom is -0.461 e. The molecule has 0 radical (unpaired) electrons. The summed E-state index contributed by atoms with van der Waals surface area (Å²) < 4.78 is 11.3. The van der Waals surface area contributed by atoms with E-state index in [1.807, 2.05) is 93.6 Å². The molecule has 3 aromatic carbocycles. The quantitative estimate of drug-likeness (QED) is 0.452. The Hall–Kier alpha value is -3.34. The van der Waals surface area contributed by atoms with Gasteiger partial charge in [0.15, 0.2) is 6.04 Å². The lowest BCUT2D eigenvalue weighted by Gasteiger charge is -2.30. The summed E-state index contributed by atoms with van der Waals surface area (Å²) in [6, 6.07) is 22.9. The molecule has 1 saturated heterocycles. The molecule has 3 atom stereocenters. The van der Waals surface area contributed by atoms with E-state index in [-0.39, 0.29) is 12.1 Å². The number of cyclic esters (lactones) is 1. The van der Waals surface area contributed by atoms with E-state index in [2.05, 4.69) is 0 Å². The Morgan fingerprint density at radius 2 is 1.66 bits per heavy atom. The van der Waals surface area contributed by atoms with Crippen LogP contribution >= 0.6 is 0 Å². The standard InChI is InChI=1S/C27H29NO4/c1-18(2)31-26(29)25-24(17-16-20-10-5-4-6-11-20)32-27(30)28(25)19(3)22-15-9-13-21-12-7-8-14-23(21)22/h4-15,18-19,24-25H,16-17H2,1-3H3. The molecule has 166 valence electrons. The average molecular weight is 432 g/mol. The molecule has 1 amide bonds. The van der Waals surface area contributed by atoms with E-state index in [0.717, 1.165) is 21.9 Å². The van der Waals surface area contributed by atoms with Crippen molar-refractivity contribution >= 4 is 22.8 Å². The molecule has 5 heteroatoms. The summed E-state index contributed by atoms with van der Waals surface area (Å²) >= 11 is 0. The molecule has 1 aliphatic rings.